The lowest BCUT2D eigenvalue weighted by Crippen LogP contribution is -2.09. The van der Waals surface area contributed by atoms with E-state index in [1.54, 1.807) is 11.8 Å². The van der Waals surface area contributed by atoms with Crippen LogP contribution in [0.5, 0.6) is 5.88 Å². The molecule has 1 unspecified atom stereocenters. The normalized spacial score (nSPS) is 12.7. The molecule has 1 aromatic rings. The molecule has 0 aliphatic carbocycles. The molecule has 0 radical (unpaired) electrons. The highest BCUT2D eigenvalue weighted by molar-refractivity contribution is 7.99. The number of aromatic nitrogens is 2. The Bertz CT molecular complexity index is 351. The van der Waals surface area contributed by atoms with Gasteiger partial charge in [0.1, 0.15) is 5.82 Å². The molecule has 1 atom stereocenters. The summed E-state index contributed by atoms with van der Waals surface area (Å²) >= 11 is 1.70. The lowest BCUT2D eigenvalue weighted by Gasteiger charge is -2.06. The van der Waals surface area contributed by atoms with Crippen molar-refractivity contribution in [3.05, 3.63) is 22.2 Å². The third-order valence-corrected chi connectivity index (χ3v) is 3.20. The van der Waals surface area contributed by atoms with Crippen LogP contribution in [0.1, 0.15) is 26.1 Å². The Kier molecular flexibility index (Phi) is 4.00. The lowest BCUT2D eigenvalue weighted by molar-refractivity contribution is 0.449. The van der Waals surface area contributed by atoms with Gasteiger partial charge in [-0.25, -0.2) is 0 Å². The Labute approximate surface area is 86.8 Å². The molecule has 0 saturated carbocycles. The van der Waals surface area contributed by atoms with Crippen LogP contribution in [0.4, 0.5) is 0 Å². The minimum Gasteiger partial charge on any atom is -0.493 e. The quantitative estimate of drug-likeness (QED) is 0.797. The predicted octanol–water partition coefficient (Wildman–Crippen LogP) is 1.51. The van der Waals surface area contributed by atoms with Crippen molar-refractivity contribution in [1.82, 2.24) is 9.97 Å². The smallest absolute Gasteiger partial charge is 0.254 e. The Hall–Kier alpha value is -0.970. The van der Waals surface area contributed by atoms with Crippen molar-refractivity contribution in [1.29, 1.82) is 0 Å². The molecule has 0 aliphatic heterocycles. The van der Waals surface area contributed by atoms with Crippen molar-refractivity contribution in [3.63, 3.8) is 0 Å². The lowest BCUT2D eigenvalue weighted by atomic mass is 10.4. The Balaban J connectivity index is 2.63. The summed E-state index contributed by atoms with van der Waals surface area (Å²) in [6.45, 7) is 4.22. The summed E-state index contributed by atoms with van der Waals surface area (Å²) in [5.41, 5.74) is -0.308. The minimum absolute atomic E-state index is 0.214. The van der Waals surface area contributed by atoms with Crippen LogP contribution in [0.2, 0.25) is 0 Å². The molecular weight excluding hydrogens is 200 g/mol. The highest BCUT2D eigenvalue weighted by Crippen LogP contribution is 2.17. The number of H-pyrrole nitrogens is 1. The molecule has 1 heterocycles. The summed E-state index contributed by atoms with van der Waals surface area (Å²) < 4.78 is 0. The number of aromatic amines is 1. The first-order valence-electron chi connectivity index (χ1n) is 4.52. The van der Waals surface area contributed by atoms with E-state index in [9.17, 15) is 4.79 Å². The zero-order valence-corrected chi connectivity index (χ0v) is 9.10. The van der Waals surface area contributed by atoms with Crippen LogP contribution >= 0.6 is 11.8 Å². The molecule has 2 N–H and O–H groups in total. The highest BCUT2D eigenvalue weighted by Gasteiger charge is 2.03. The van der Waals surface area contributed by atoms with Crippen molar-refractivity contribution < 1.29 is 5.11 Å². The third kappa shape index (κ3) is 3.41. The first-order chi connectivity index (χ1) is 6.61. The predicted molar refractivity (Wildman–Crippen MR) is 57.6 cm³/mol. The van der Waals surface area contributed by atoms with Gasteiger partial charge in [0, 0.05) is 5.25 Å². The van der Waals surface area contributed by atoms with E-state index in [1.807, 2.05) is 0 Å². The second-order valence-corrected chi connectivity index (χ2v) is 4.51. The van der Waals surface area contributed by atoms with Crippen LogP contribution in [0.15, 0.2) is 10.9 Å². The number of hydrogen-bond donors (Lipinski definition) is 2. The maximum Gasteiger partial charge on any atom is 0.254 e. The van der Waals surface area contributed by atoms with Crippen LogP contribution in [0.3, 0.4) is 0 Å². The van der Waals surface area contributed by atoms with Gasteiger partial charge in [0.2, 0.25) is 5.88 Å². The fraction of sp³-hybridized carbons (Fsp3) is 0.556. The number of hydrogen-bond acceptors (Lipinski definition) is 4. The summed E-state index contributed by atoms with van der Waals surface area (Å²) in [5.74, 6) is 0.937. The zero-order chi connectivity index (χ0) is 10.6. The largest absolute Gasteiger partial charge is 0.493 e. The molecule has 5 heteroatoms. The molecule has 0 saturated heterocycles. The fourth-order valence-electron chi connectivity index (χ4n) is 0.901. The first-order valence-corrected chi connectivity index (χ1v) is 5.57. The number of rotatable bonds is 4. The summed E-state index contributed by atoms with van der Waals surface area (Å²) in [5, 5.41) is 9.61. The average Bonchev–Trinajstić information content (AvgIpc) is 2.12. The van der Waals surface area contributed by atoms with E-state index >= 15 is 0 Å². The molecule has 0 fully saturated rings. The molecule has 78 valence electrons. The SMILES string of the molecule is CCC(C)SCc1nc(O)cc(=O)[nH]1. The molecule has 0 aliphatic rings. The van der Waals surface area contributed by atoms with Gasteiger partial charge in [0.05, 0.1) is 11.8 Å². The average molecular weight is 214 g/mol. The second kappa shape index (κ2) is 5.05. The number of aromatic hydroxyl groups is 1. The molecule has 4 nitrogen and oxygen atoms in total. The molecule has 1 aromatic heterocycles. The van der Waals surface area contributed by atoms with Gasteiger partial charge in [0.25, 0.3) is 5.56 Å². The van der Waals surface area contributed by atoms with E-state index in [4.69, 9.17) is 5.11 Å². The summed E-state index contributed by atoms with van der Waals surface area (Å²) in [4.78, 5) is 17.4. The van der Waals surface area contributed by atoms with E-state index in [2.05, 4.69) is 23.8 Å². The molecule has 0 amide bonds. The molecule has 14 heavy (non-hydrogen) atoms. The number of nitrogens with zero attached hydrogens (tertiary/aromatic N) is 1. The van der Waals surface area contributed by atoms with Crippen LogP contribution in [-0.2, 0) is 5.75 Å². The minimum atomic E-state index is -0.308. The number of thioether (sulfide) groups is 1. The van der Waals surface area contributed by atoms with Gasteiger partial charge in [0.15, 0.2) is 0 Å². The van der Waals surface area contributed by atoms with E-state index < -0.39 is 0 Å². The van der Waals surface area contributed by atoms with Crippen molar-refractivity contribution in [2.75, 3.05) is 0 Å². The topological polar surface area (TPSA) is 66.0 Å². The summed E-state index contributed by atoms with van der Waals surface area (Å²) in [6, 6.07) is 1.07. The van der Waals surface area contributed by atoms with Crippen molar-refractivity contribution in [3.8, 4) is 5.88 Å². The van der Waals surface area contributed by atoms with Gasteiger partial charge in [-0.15, -0.1) is 0 Å². The maximum atomic E-state index is 11.0. The van der Waals surface area contributed by atoms with E-state index in [0.717, 1.165) is 12.5 Å². The standard InChI is InChI=1S/C9H14N2O2S/c1-3-6(2)14-5-7-10-8(12)4-9(13)11-7/h4,6H,3,5H2,1-2H3,(H2,10,11,12,13). The van der Waals surface area contributed by atoms with Gasteiger partial charge >= 0.3 is 0 Å². The van der Waals surface area contributed by atoms with Crippen molar-refractivity contribution >= 4 is 11.8 Å². The molecule has 0 bridgehead atoms. The van der Waals surface area contributed by atoms with E-state index in [0.29, 0.717) is 16.8 Å². The monoisotopic (exact) mass is 214 g/mol. The summed E-state index contributed by atoms with van der Waals surface area (Å²) in [7, 11) is 0. The van der Waals surface area contributed by atoms with Crippen LogP contribution in [-0.4, -0.2) is 20.3 Å². The zero-order valence-electron chi connectivity index (χ0n) is 8.28. The van der Waals surface area contributed by atoms with Crippen LogP contribution in [0.25, 0.3) is 0 Å². The molecular formula is C9H14N2O2S. The Morgan fingerprint density at radius 1 is 1.71 bits per heavy atom. The van der Waals surface area contributed by atoms with Crippen LogP contribution < -0.4 is 5.56 Å². The van der Waals surface area contributed by atoms with Crippen molar-refractivity contribution in [2.24, 2.45) is 0 Å². The van der Waals surface area contributed by atoms with E-state index in [1.165, 1.54) is 0 Å². The van der Waals surface area contributed by atoms with Gasteiger partial charge in [-0.3, -0.25) is 4.79 Å². The molecule has 0 aromatic carbocycles. The van der Waals surface area contributed by atoms with Crippen molar-refractivity contribution in [2.45, 2.75) is 31.3 Å². The van der Waals surface area contributed by atoms with Gasteiger partial charge < -0.3 is 10.1 Å². The second-order valence-electron chi connectivity index (χ2n) is 3.08. The first kappa shape index (κ1) is 11.1. The Morgan fingerprint density at radius 3 is 3.00 bits per heavy atom. The molecule has 1 rings (SSSR count). The third-order valence-electron chi connectivity index (χ3n) is 1.86. The Morgan fingerprint density at radius 2 is 2.43 bits per heavy atom. The number of nitrogens with one attached hydrogen (secondary N) is 1. The van der Waals surface area contributed by atoms with Gasteiger partial charge in [-0.1, -0.05) is 13.8 Å². The van der Waals surface area contributed by atoms with E-state index in [-0.39, 0.29) is 11.4 Å². The van der Waals surface area contributed by atoms with Crippen LogP contribution in [0, 0.1) is 0 Å². The van der Waals surface area contributed by atoms with Gasteiger partial charge in [-0.2, -0.15) is 16.7 Å². The fourth-order valence-corrected chi connectivity index (χ4v) is 1.72. The molecule has 0 spiro atoms. The summed E-state index contributed by atoms with van der Waals surface area (Å²) in [6.07, 6.45) is 1.08. The highest BCUT2D eigenvalue weighted by atomic mass is 32.2. The maximum absolute atomic E-state index is 11.0. The van der Waals surface area contributed by atoms with Gasteiger partial charge in [-0.05, 0) is 6.42 Å².